The van der Waals surface area contributed by atoms with Crippen molar-refractivity contribution in [1.82, 2.24) is 5.32 Å². The Balaban J connectivity index is 3.02. The van der Waals surface area contributed by atoms with E-state index < -0.39 is 0 Å². The molecular weight excluding hydrogens is 282 g/mol. The highest BCUT2D eigenvalue weighted by atomic mass is 16.5. The first-order valence-corrected chi connectivity index (χ1v) is 10.3. The predicted molar refractivity (Wildman–Crippen MR) is 104 cm³/mol. The van der Waals surface area contributed by atoms with E-state index in [1.807, 2.05) is 7.05 Å². The van der Waals surface area contributed by atoms with Crippen molar-refractivity contribution in [2.45, 2.75) is 96.8 Å². The molecule has 0 aliphatic rings. The summed E-state index contributed by atoms with van der Waals surface area (Å²) in [5.74, 6) is 0. The molecule has 0 fully saturated rings. The minimum absolute atomic E-state index is 0.849. The van der Waals surface area contributed by atoms with E-state index in [1.165, 1.54) is 89.9 Å². The zero-order chi connectivity index (χ0) is 16.8. The molecule has 0 rings (SSSR count). The van der Waals surface area contributed by atoms with Crippen LogP contribution in [-0.2, 0) is 4.74 Å². The van der Waals surface area contributed by atoms with Crippen LogP contribution >= 0.6 is 0 Å². The number of likely N-dealkylation sites (N-methyl/N-ethyl adjacent to an activating group) is 1. The summed E-state index contributed by atoms with van der Waals surface area (Å²) < 4.78 is 5.52. The van der Waals surface area contributed by atoms with E-state index in [1.54, 1.807) is 0 Å². The third-order valence-electron chi connectivity index (χ3n) is 4.30. The largest absolute Gasteiger partial charge is 0.380 e. The molecule has 0 amide bonds. The van der Waals surface area contributed by atoms with Gasteiger partial charge in [0.15, 0.2) is 0 Å². The quantitative estimate of drug-likeness (QED) is 0.223. The molecule has 0 aliphatic heterocycles. The van der Waals surface area contributed by atoms with Crippen LogP contribution in [0.5, 0.6) is 0 Å². The van der Waals surface area contributed by atoms with E-state index in [-0.39, 0.29) is 0 Å². The first kappa shape index (κ1) is 22.7. The fraction of sp³-hybridized carbons (Fsp3) is 0.905. The van der Waals surface area contributed by atoms with Gasteiger partial charge in [-0.2, -0.15) is 0 Å². The van der Waals surface area contributed by atoms with Gasteiger partial charge in [-0.1, -0.05) is 76.9 Å². The van der Waals surface area contributed by atoms with Gasteiger partial charge < -0.3 is 10.1 Å². The lowest BCUT2D eigenvalue weighted by atomic mass is 10.1. The van der Waals surface area contributed by atoms with Crippen LogP contribution in [0, 0.1) is 0 Å². The van der Waals surface area contributed by atoms with Crippen molar-refractivity contribution >= 4 is 0 Å². The van der Waals surface area contributed by atoms with Gasteiger partial charge in [0.1, 0.15) is 0 Å². The fourth-order valence-corrected chi connectivity index (χ4v) is 2.73. The molecule has 0 heterocycles. The van der Waals surface area contributed by atoms with Crippen molar-refractivity contribution in [2.24, 2.45) is 0 Å². The first-order chi connectivity index (χ1) is 11.4. The Morgan fingerprint density at radius 1 is 0.652 bits per heavy atom. The van der Waals surface area contributed by atoms with Gasteiger partial charge in [0, 0.05) is 13.2 Å². The Kier molecular flexibility index (Phi) is 21.3. The van der Waals surface area contributed by atoms with E-state index >= 15 is 0 Å². The second-order valence-electron chi connectivity index (χ2n) is 6.65. The third-order valence-corrected chi connectivity index (χ3v) is 4.30. The van der Waals surface area contributed by atoms with Crippen LogP contribution in [0.2, 0.25) is 0 Å². The predicted octanol–water partition coefficient (Wildman–Crippen LogP) is 6.26. The van der Waals surface area contributed by atoms with Crippen LogP contribution in [0.1, 0.15) is 96.8 Å². The maximum atomic E-state index is 5.52. The summed E-state index contributed by atoms with van der Waals surface area (Å²) in [7, 11) is 1.97. The molecule has 0 aromatic rings. The zero-order valence-corrected chi connectivity index (χ0v) is 16.1. The standard InChI is InChI=1S/C21H43NO/c1-3-4-5-6-7-8-9-10-11-12-13-14-15-16-17-18-20-23-21-19-22-2/h10-11,22H,3-9,12-21H2,1-2H3/b11-10-. The van der Waals surface area contributed by atoms with Crippen molar-refractivity contribution in [2.75, 3.05) is 26.8 Å². The lowest BCUT2D eigenvalue weighted by Crippen LogP contribution is -2.14. The van der Waals surface area contributed by atoms with E-state index in [0.29, 0.717) is 0 Å². The van der Waals surface area contributed by atoms with Crippen molar-refractivity contribution in [3.8, 4) is 0 Å². The van der Waals surface area contributed by atoms with Gasteiger partial charge in [-0.25, -0.2) is 0 Å². The van der Waals surface area contributed by atoms with Crippen LogP contribution in [0.15, 0.2) is 12.2 Å². The number of unbranched alkanes of at least 4 members (excludes halogenated alkanes) is 12. The monoisotopic (exact) mass is 325 g/mol. The van der Waals surface area contributed by atoms with Gasteiger partial charge in [0.05, 0.1) is 6.61 Å². The molecule has 0 bridgehead atoms. The molecule has 138 valence electrons. The Bertz CT molecular complexity index is 228. The highest BCUT2D eigenvalue weighted by Gasteiger charge is 1.92. The average molecular weight is 326 g/mol. The molecule has 0 saturated carbocycles. The highest BCUT2D eigenvalue weighted by molar-refractivity contribution is 4.81. The molecule has 1 N–H and O–H groups in total. The third kappa shape index (κ3) is 21.7. The Morgan fingerprint density at radius 3 is 1.74 bits per heavy atom. The van der Waals surface area contributed by atoms with Gasteiger partial charge in [0.2, 0.25) is 0 Å². The number of allylic oxidation sites excluding steroid dienone is 2. The second kappa shape index (κ2) is 21.7. The highest BCUT2D eigenvalue weighted by Crippen LogP contribution is 2.09. The minimum Gasteiger partial charge on any atom is -0.380 e. The second-order valence-corrected chi connectivity index (χ2v) is 6.65. The maximum absolute atomic E-state index is 5.52. The van der Waals surface area contributed by atoms with E-state index in [9.17, 15) is 0 Å². The normalized spacial score (nSPS) is 11.6. The average Bonchev–Trinajstić information content (AvgIpc) is 2.57. The van der Waals surface area contributed by atoms with Gasteiger partial charge >= 0.3 is 0 Å². The zero-order valence-electron chi connectivity index (χ0n) is 16.1. The summed E-state index contributed by atoms with van der Waals surface area (Å²) in [6.07, 6.45) is 23.9. The molecule has 0 aliphatic carbocycles. The maximum Gasteiger partial charge on any atom is 0.0590 e. The molecule has 0 saturated heterocycles. The topological polar surface area (TPSA) is 21.3 Å². The number of ether oxygens (including phenoxy) is 1. The van der Waals surface area contributed by atoms with Crippen molar-refractivity contribution < 1.29 is 4.74 Å². The minimum atomic E-state index is 0.849. The summed E-state index contributed by atoms with van der Waals surface area (Å²) >= 11 is 0. The van der Waals surface area contributed by atoms with Crippen LogP contribution in [0.4, 0.5) is 0 Å². The molecule has 0 unspecified atom stereocenters. The molecule has 2 nitrogen and oxygen atoms in total. The summed E-state index contributed by atoms with van der Waals surface area (Å²) in [5.41, 5.74) is 0. The SMILES string of the molecule is CCCCCCCC/C=C\CCCCCCCCOCCNC. The Labute approximate surface area is 146 Å². The molecule has 2 heteroatoms. The van der Waals surface area contributed by atoms with Gasteiger partial charge in [-0.05, 0) is 39.2 Å². The molecule has 0 spiro atoms. The van der Waals surface area contributed by atoms with Crippen LogP contribution in [-0.4, -0.2) is 26.8 Å². The van der Waals surface area contributed by atoms with Gasteiger partial charge in [-0.3, -0.25) is 0 Å². The summed E-state index contributed by atoms with van der Waals surface area (Å²) in [4.78, 5) is 0. The molecule has 0 radical (unpaired) electrons. The number of rotatable bonds is 19. The Hall–Kier alpha value is -0.340. The number of nitrogens with one attached hydrogen (secondary N) is 1. The van der Waals surface area contributed by atoms with Gasteiger partial charge in [0.25, 0.3) is 0 Å². The van der Waals surface area contributed by atoms with Gasteiger partial charge in [-0.15, -0.1) is 0 Å². The van der Waals surface area contributed by atoms with Crippen LogP contribution < -0.4 is 5.32 Å². The number of hydrogen-bond donors (Lipinski definition) is 1. The van der Waals surface area contributed by atoms with Crippen LogP contribution in [0.3, 0.4) is 0 Å². The summed E-state index contributed by atoms with van der Waals surface area (Å²) in [6.45, 7) is 5.03. The van der Waals surface area contributed by atoms with E-state index in [2.05, 4.69) is 24.4 Å². The lowest BCUT2D eigenvalue weighted by molar-refractivity contribution is 0.133. The van der Waals surface area contributed by atoms with Crippen molar-refractivity contribution in [3.63, 3.8) is 0 Å². The molecule has 0 atom stereocenters. The molecular formula is C21H43NO. The van der Waals surface area contributed by atoms with E-state index in [4.69, 9.17) is 4.74 Å². The van der Waals surface area contributed by atoms with Crippen molar-refractivity contribution in [3.05, 3.63) is 12.2 Å². The number of hydrogen-bond acceptors (Lipinski definition) is 2. The summed E-state index contributed by atoms with van der Waals surface area (Å²) in [5, 5.41) is 3.09. The molecule has 0 aromatic carbocycles. The first-order valence-electron chi connectivity index (χ1n) is 10.3. The smallest absolute Gasteiger partial charge is 0.0590 e. The Morgan fingerprint density at radius 2 is 1.17 bits per heavy atom. The van der Waals surface area contributed by atoms with E-state index in [0.717, 1.165) is 19.8 Å². The van der Waals surface area contributed by atoms with Crippen LogP contribution in [0.25, 0.3) is 0 Å². The fourth-order valence-electron chi connectivity index (χ4n) is 2.73. The molecule has 0 aromatic heterocycles. The van der Waals surface area contributed by atoms with Crippen molar-refractivity contribution in [1.29, 1.82) is 0 Å². The summed E-state index contributed by atoms with van der Waals surface area (Å²) in [6, 6.07) is 0. The lowest BCUT2D eigenvalue weighted by Gasteiger charge is -2.03. The molecule has 23 heavy (non-hydrogen) atoms.